The van der Waals surface area contributed by atoms with Crippen LogP contribution in [0, 0.1) is 0 Å². The Balaban J connectivity index is 2.20. The summed E-state index contributed by atoms with van der Waals surface area (Å²) in [7, 11) is 0. The average molecular weight is 278 g/mol. The Morgan fingerprint density at radius 1 is 1.32 bits per heavy atom. The van der Waals surface area contributed by atoms with Crippen LogP contribution in [0.2, 0.25) is 5.02 Å². The summed E-state index contributed by atoms with van der Waals surface area (Å²) >= 11 is 6.10. The van der Waals surface area contributed by atoms with E-state index in [1.54, 1.807) is 24.4 Å². The molecular formula is C14H16ClN3O. The second-order valence-corrected chi connectivity index (χ2v) is 4.51. The van der Waals surface area contributed by atoms with Crippen LogP contribution in [0.3, 0.4) is 0 Å². The zero-order chi connectivity index (χ0) is 13.7. The third-order valence-electron chi connectivity index (χ3n) is 2.80. The monoisotopic (exact) mass is 277 g/mol. The van der Waals surface area contributed by atoms with Gasteiger partial charge in [-0.2, -0.15) is 0 Å². The number of fused-ring (bicyclic) bond motifs is 1. The number of rotatable bonds is 5. The SMILES string of the molecule is CCNCCNC(=O)c1ccc(Cl)c2cccnc12. The molecule has 0 unspecified atom stereocenters. The molecule has 1 amide bonds. The van der Waals surface area contributed by atoms with Crippen molar-refractivity contribution in [3.63, 3.8) is 0 Å². The van der Waals surface area contributed by atoms with E-state index < -0.39 is 0 Å². The van der Waals surface area contributed by atoms with E-state index in [9.17, 15) is 4.79 Å². The zero-order valence-electron chi connectivity index (χ0n) is 10.7. The van der Waals surface area contributed by atoms with Gasteiger partial charge in [0.1, 0.15) is 0 Å². The smallest absolute Gasteiger partial charge is 0.253 e. The lowest BCUT2D eigenvalue weighted by Crippen LogP contribution is -2.31. The third kappa shape index (κ3) is 3.22. The van der Waals surface area contributed by atoms with Crippen LogP contribution in [0.1, 0.15) is 17.3 Å². The zero-order valence-corrected chi connectivity index (χ0v) is 11.5. The number of aromatic nitrogens is 1. The first kappa shape index (κ1) is 13.8. The van der Waals surface area contributed by atoms with Gasteiger partial charge in [-0.25, -0.2) is 0 Å². The Kier molecular flexibility index (Phi) is 4.71. The molecule has 0 aliphatic rings. The molecule has 0 bridgehead atoms. The van der Waals surface area contributed by atoms with Gasteiger partial charge < -0.3 is 10.6 Å². The molecule has 0 aliphatic heterocycles. The largest absolute Gasteiger partial charge is 0.351 e. The number of nitrogens with one attached hydrogen (secondary N) is 2. The summed E-state index contributed by atoms with van der Waals surface area (Å²) in [5.74, 6) is -0.127. The molecule has 19 heavy (non-hydrogen) atoms. The van der Waals surface area contributed by atoms with Gasteiger partial charge in [0, 0.05) is 24.7 Å². The van der Waals surface area contributed by atoms with Crippen molar-refractivity contribution in [2.24, 2.45) is 0 Å². The van der Waals surface area contributed by atoms with Crippen molar-refractivity contribution in [2.75, 3.05) is 19.6 Å². The minimum absolute atomic E-state index is 0.127. The normalized spacial score (nSPS) is 10.6. The van der Waals surface area contributed by atoms with Crippen molar-refractivity contribution >= 4 is 28.4 Å². The molecule has 0 aliphatic carbocycles. The molecule has 0 spiro atoms. The highest BCUT2D eigenvalue weighted by molar-refractivity contribution is 6.35. The summed E-state index contributed by atoms with van der Waals surface area (Å²) in [6.45, 7) is 4.25. The molecule has 0 atom stereocenters. The predicted octanol–water partition coefficient (Wildman–Crippen LogP) is 2.23. The quantitative estimate of drug-likeness (QED) is 0.824. The van der Waals surface area contributed by atoms with E-state index in [1.165, 1.54) is 0 Å². The number of nitrogens with zero attached hydrogens (tertiary/aromatic N) is 1. The third-order valence-corrected chi connectivity index (χ3v) is 3.13. The van der Waals surface area contributed by atoms with Crippen LogP contribution in [-0.4, -0.2) is 30.5 Å². The van der Waals surface area contributed by atoms with Crippen LogP contribution in [-0.2, 0) is 0 Å². The van der Waals surface area contributed by atoms with Gasteiger partial charge in [0.05, 0.1) is 16.1 Å². The number of amides is 1. The number of hydrogen-bond donors (Lipinski definition) is 2. The number of carbonyl (C=O) groups excluding carboxylic acids is 1. The van der Waals surface area contributed by atoms with Crippen molar-refractivity contribution in [2.45, 2.75) is 6.92 Å². The number of halogens is 1. The fraction of sp³-hybridized carbons (Fsp3) is 0.286. The number of hydrogen-bond acceptors (Lipinski definition) is 3. The van der Waals surface area contributed by atoms with E-state index in [4.69, 9.17) is 11.6 Å². The van der Waals surface area contributed by atoms with Gasteiger partial charge in [0.25, 0.3) is 5.91 Å². The minimum Gasteiger partial charge on any atom is -0.351 e. The Morgan fingerprint density at radius 3 is 2.95 bits per heavy atom. The standard InChI is InChI=1S/C14H16ClN3O/c1-2-16-8-9-18-14(19)11-5-6-12(15)10-4-3-7-17-13(10)11/h3-7,16H,2,8-9H2,1H3,(H,18,19). The fourth-order valence-electron chi connectivity index (χ4n) is 1.86. The molecule has 100 valence electrons. The van der Waals surface area contributed by atoms with Crippen LogP contribution in [0.4, 0.5) is 0 Å². The molecule has 2 aromatic rings. The van der Waals surface area contributed by atoms with Gasteiger partial charge in [0.15, 0.2) is 0 Å². The maximum Gasteiger partial charge on any atom is 0.253 e. The Labute approximate surface area is 117 Å². The van der Waals surface area contributed by atoms with Gasteiger partial charge >= 0.3 is 0 Å². The highest BCUT2D eigenvalue weighted by Gasteiger charge is 2.12. The molecule has 0 saturated heterocycles. The first-order valence-electron chi connectivity index (χ1n) is 6.26. The highest BCUT2D eigenvalue weighted by atomic mass is 35.5. The van der Waals surface area contributed by atoms with E-state index in [2.05, 4.69) is 15.6 Å². The lowest BCUT2D eigenvalue weighted by Gasteiger charge is -2.08. The fourth-order valence-corrected chi connectivity index (χ4v) is 2.07. The van der Waals surface area contributed by atoms with Gasteiger partial charge in [0.2, 0.25) is 0 Å². The predicted molar refractivity (Wildman–Crippen MR) is 77.6 cm³/mol. The molecular weight excluding hydrogens is 262 g/mol. The van der Waals surface area contributed by atoms with Crippen molar-refractivity contribution in [1.82, 2.24) is 15.6 Å². The van der Waals surface area contributed by atoms with Crippen LogP contribution in [0.5, 0.6) is 0 Å². The first-order valence-corrected chi connectivity index (χ1v) is 6.64. The lowest BCUT2D eigenvalue weighted by atomic mass is 10.1. The van der Waals surface area contributed by atoms with Crippen LogP contribution in [0.15, 0.2) is 30.5 Å². The molecule has 2 rings (SSSR count). The number of benzene rings is 1. The summed E-state index contributed by atoms with van der Waals surface area (Å²) in [6.07, 6.45) is 1.66. The molecule has 1 heterocycles. The van der Waals surface area contributed by atoms with Crippen molar-refractivity contribution in [3.05, 3.63) is 41.0 Å². The maximum atomic E-state index is 12.1. The van der Waals surface area contributed by atoms with E-state index >= 15 is 0 Å². The van der Waals surface area contributed by atoms with Crippen molar-refractivity contribution in [1.29, 1.82) is 0 Å². The number of pyridine rings is 1. The summed E-state index contributed by atoms with van der Waals surface area (Å²) in [5, 5.41) is 7.41. The molecule has 1 aromatic carbocycles. The Bertz CT molecular complexity index is 586. The van der Waals surface area contributed by atoms with Crippen LogP contribution >= 0.6 is 11.6 Å². The minimum atomic E-state index is -0.127. The topological polar surface area (TPSA) is 54.0 Å². The van der Waals surface area contributed by atoms with E-state index in [1.807, 2.05) is 13.0 Å². The maximum absolute atomic E-state index is 12.1. The number of likely N-dealkylation sites (N-methyl/N-ethyl adjacent to an activating group) is 1. The van der Waals surface area contributed by atoms with Crippen LogP contribution < -0.4 is 10.6 Å². The molecule has 1 aromatic heterocycles. The lowest BCUT2D eigenvalue weighted by molar-refractivity contribution is 0.0955. The molecule has 2 N–H and O–H groups in total. The van der Waals surface area contributed by atoms with Crippen molar-refractivity contribution in [3.8, 4) is 0 Å². The molecule has 0 radical (unpaired) electrons. The van der Waals surface area contributed by atoms with Gasteiger partial charge in [-0.1, -0.05) is 18.5 Å². The van der Waals surface area contributed by atoms with E-state index in [-0.39, 0.29) is 5.91 Å². The van der Waals surface area contributed by atoms with Crippen LogP contribution in [0.25, 0.3) is 10.9 Å². The second-order valence-electron chi connectivity index (χ2n) is 4.10. The van der Waals surface area contributed by atoms with Gasteiger partial charge in [-0.15, -0.1) is 0 Å². The van der Waals surface area contributed by atoms with E-state index in [0.29, 0.717) is 22.6 Å². The van der Waals surface area contributed by atoms with Crippen molar-refractivity contribution < 1.29 is 4.79 Å². The highest BCUT2D eigenvalue weighted by Crippen LogP contribution is 2.24. The average Bonchev–Trinajstić information content (AvgIpc) is 2.44. The summed E-state index contributed by atoms with van der Waals surface area (Å²) < 4.78 is 0. The Hall–Kier alpha value is -1.65. The van der Waals surface area contributed by atoms with E-state index in [0.717, 1.165) is 18.5 Å². The summed E-state index contributed by atoms with van der Waals surface area (Å²) in [4.78, 5) is 16.4. The van der Waals surface area contributed by atoms with Gasteiger partial charge in [-0.05, 0) is 30.8 Å². The second kappa shape index (κ2) is 6.50. The first-order chi connectivity index (χ1) is 9.24. The van der Waals surface area contributed by atoms with Gasteiger partial charge in [-0.3, -0.25) is 9.78 Å². The molecule has 5 heteroatoms. The molecule has 4 nitrogen and oxygen atoms in total. The summed E-state index contributed by atoms with van der Waals surface area (Å²) in [6, 6.07) is 7.10. The molecule has 0 fully saturated rings. The molecule has 0 saturated carbocycles. The number of carbonyl (C=O) groups is 1. The Morgan fingerprint density at radius 2 is 2.16 bits per heavy atom. The summed E-state index contributed by atoms with van der Waals surface area (Å²) in [5.41, 5.74) is 1.19.